The standard InChI is InChI=1S/C25H32FN3O2/c1-17(2)14-24(30)28-21-8-9-23(29-12-10-18(3)11-13-29)22(15-21)25(31)27-16-19-4-6-20(26)7-5-19/h4-9,15,17-18H,10-14,16H2,1-3H3,(H,27,31)(H,28,30). The highest BCUT2D eigenvalue weighted by Gasteiger charge is 2.22. The SMILES string of the molecule is CC(C)CC(=O)Nc1ccc(N2CCC(C)CC2)c(C(=O)NCc2ccc(F)cc2)c1. The minimum absolute atomic E-state index is 0.0628. The molecule has 1 aliphatic rings. The maximum atomic E-state index is 13.1. The Morgan fingerprint density at radius 3 is 2.42 bits per heavy atom. The average Bonchev–Trinajstić information content (AvgIpc) is 2.73. The summed E-state index contributed by atoms with van der Waals surface area (Å²) in [6.07, 6.45) is 2.60. The third-order valence-electron chi connectivity index (χ3n) is 5.61. The molecule has 0 aromatic heterocycles. The van der Waals surface area contributed by atoms with Gasteiger partial charge in [0.15, 0.2) is 0 Å². The highest BCUT2D eigenvalue weighted by Crippen LogP contribution is 2.29. The van der Waals surface area contributed by atoms with Crippen LogP contribution in [0.25, 0.3) is 0 Å². The molecular formula is C25H32FN3O2. The molecule has 0 aliphatic carbocycles. The molecule has 1 aliphatic heterocycles. The van der Waals surface area contributed by atoms with Crippen molar-refractivity contribution in [1.29, 1.82) is 0 Å². The van der Waals surface area contributed by atoms with E-state index in [1.165, 1.54) is 12.1 Å². The number of benzene rings is 2. The number of anilines is 2. The third kappa shape index (κ3) is 6.54. The van der Waals surface area contributed by atoms with Gasteiger partial charge in [-0.1, -0.05) is 32.9 Å². The van der Waals surface area contributed by atoms with E-state index >= 15 is 0 Å². The molecule has 2 N–H and O–H groups in total. The normalized spacial score (nSPS) is 14.5. The first kappa shape index (κ1) is 22.8. The molecule has 2 aromatic carbocycles. The van der Waals surface area contributed by atoms with Crippen LogP contribution < -0.4 is 15.5 Å². The first-order chi connectivity index (χ1) is 14.8. The van der Waals surface area contributed by atoms with Crippen molar-refractivity contribution in [3.05, 3.63) is 59.4 Å². The molecule has 2 aromatic rings. The predicted octanol–water partition coefficient (Wildman–Crippen LogP) is 4.98. The van der Waals surface area contributed by atoms with Crippen molar-refractivity contribution in [3.8, 4) is 0 Å². The molecule has 0 spiro atoms. The van der Waals surface area contributed by atoms with Gasteiger partial charge in [-0.05, 0) is 60.6 Å². The maximum Gasteiger partial charge on any atom is 0.253 e. The second-order valence-electron chi connectivity index (χ2n) is 8.86. The van der Waals surface area contributed by atoms with Crippen LogP contribution >= 0.6 is 0 Å². The fourth-order valence-electron chi connectivity index (χ4n) is 3.78. The Kier molecular flexibility index (Phi) is 7.66. The molecule has 0 unspecified atom stereocenters. The van der Waals surface area contributed by atoms with Crippen LogP contribution in [-0.4, -0.2) is 24.9 Å². The summed E-state index contributed by atoms with van der Waals surface area (Å²) in [5.74, 6) is 0.362. The van der Waals surface area contributed by atoms with Crippen LogP contribution in [0.2, 0.25) is 0 Å². The molecule has 2 amide bonds. The summed E-state index contributed by atoms with van der Waals surface area (Å²) >= 11 is 0. The molecule has 3 rings (SSSR count). The van der Waals surface area contributed by atoms with Crippen LogP contribution in [0.15, 0.2) is 42.5 Å². The minimum atomic E-state index is -0.304. The molecule has 1 fully saturated rings. The van der Waals surface area contributed by atoms with Gasteiger partial charge in [0.25, 0.3) is 5.91 Å². The zero-order chi connectivity index (χ0) is 22.4. The van der Waals surface area contributed by atoms with Crippen molar-refractivity contribution >= 4 is 23.2 Å². The number of hydrogen-bond acceptors (Lipinski definition) is 3. The van der Waals surface area contributed by atoms with Crippen LogP contribution in [0.4, 0.5) is 15.8 Å². The van der Waals surface area contributed by atoms with Gasteiger partial charge in [0.1, 0.15) is 5.82 Å². The molecule has 1 saturated heterocycles. The monoisotopic (exact) mass is 425 g/mol. The van der Waals surface area contributed by atoms with E-state index in [0.717, 1.165) is 37.2 Å². The quantitative estimate of drug-likeness (QED) is 0.658. The lowest BCUT2D eigenvalue weighted by molar-refractivity contribution is -0.116. The van der Waals surface area contributed by atoms with E-state index in [1.54, 1.807) is 18.2 Å². The fourth-order valence-corrected chi connectivity index (χ4v) is 3.78. The Morgan fingerprint density at radius 2 is 1.77 bits per heavy atom. The predicted molar refractivity (Wildman–Crippen MR) is 123 cm³/mol. The molecule has 0 saturated carbocycles. The fraction of sp³-hybridized carbons (Fsp3) is 0.440. The number of piperidine rings is 1. The first-order valence-electron chi connectivity index (χ1n) is 11.0. The summed E-state index contributed by atoms with van der Waals surface area (Å²) in [5.41, 5.74) is 2.86. The van der Waals surface area contributed by atoms with Crippen molar-refractivity contribution in [1.82, 2.24) is 5.32 Å². The number of carbonyl (C=O) groups excluding carboxylic acids is 2. The van der Waals surface area contributed by atoms with Crippen molar-refractivity contribution in [3.63, 3.8) is 0 Å². The van der Waals surface area contributed by atoms with Gasteiger partial charge < -0.3 is 15.5 Å². The second kappa shape index (κ2) is 10.4. The number of halogens is 1. The van der Waals surface area contributed by atoms with Crippen molar-refractivity contribution in [2.45, 2.75) is 46.6 Å². The molecule has 0 bridgehead atoms. The van der Waals surface area contributed by atoms with Crippen molar-refractivity contribution in [2.24, 2.45) is 11.8 Å². The van der Waals surface area contributed by atoms with Crippen molar-refractivity contribution < 1.29 is 14.0 Å². The van der Waals surface area contributed by atoms with E-state index in [9.17, 15) is 14.0 Å². The van der Waals surface area contributed by atoms with E-state index < -0.39 is 0 Å². The van der Waals surface area contributed by atoms with Crippen LogP contribution in [0.3, 0.4) is 0 Å². The molecule has 0 radical (unpaired) electrons. The first-order valence-corrected chi connectivity index (χ1v) is 11.0. The van der Waals surface area contributed by atoms with Gasteiger partial charge in [0.05, 0.1) is 5.56 Å². The summed E-state index contributed by atoms with van der Waals surface area (Å²) in [6, 6.07) is 11.6. The zero-order valence-corrected chi connectivity index (χ0v) is 18.6. The van der Waals surface area contributed by atoms with E-state index in [4.69, 9.17) is 0 Å². The third-order valence-corrected chi connectivity index (χ3v) is 5.61. The number of rotatable bonds is 7. The average molecular weight is 426 g/mol. The van der Waals surface area contributed by atoms with Gasteiger partial charge in [-0.2, -0.15) is 0 Å². The lowest BCUT2D eigenvalue weighted by Crippen LogP contribution is -2.35. The number of nitrogens with zero attached hydrogens (tertiary/aromatic N) is 1. The van der Waals surface area contributed by atoms with E-state index in [-0.39, 0.29) is 23.5 Å². The number of hydrogen-bond donors (Lipinski definition) is 2. The lowest BCUT2D eigenvalue weighted by Gasteiger charge is -2.33. The van der Waals surface area contributed by atoms with Gasteiger partial charge in [0.2, 0.25) is 5.91 Å². The Morgan fingerprint density at radius 1 is 1.10 bits per heavy atom. The molecular weight excluding hydrogens is 393 g/mol. The van der Waals surface area contributed by atoms with Gasteiger partial charge in [-0.15, -0.1) is 0 Å². The highest BCUT2D eigenvalue weighted by atomic mass is 19.1. The lowest BCUT2D eigenvalue weighted by atomic mass is 9.97. The topological polar surface area (TPSA) is 61.4 Å². The Hall–Kier alpha value is -2.89. The molecule has 6 heteroatoms. The van der Waals surface area contributed by atoms with Crippen LogP contribution in [0.1, 0.15) is 56.0 Å². The largest absolute Gasteiger partial charge is 0.371 e. The molecule has 1 heterocycles. The van der Waals surface area contributed by atoms with Crippen molar-refractivity contribution in [2.75, 3.05) is 23.3 Å². The van der Waals surface area contributed by atoms with Crippen LogP contribution in [0.5, 0.6) is 0 Å². The Balaban J connectivity index is 1.80. The maximum absolute atomic E-state index is 13.1. The number of carbonyl (C=O) groups is 2. The summed E-state index contributed by atoms with van der Waals surface area (Å²) in [6.45, 7) is 8.35. The van der Waals surface area contributed by atoms with Crippen LogP contribution in [0, 0.1) is 17.7 Å². The van der Waals surface area contributed by atoms with Gasteiger partial charge in [-0.25, -0.2) is 4.39 Å². The Labute approximate surface area is 184 Å². The summed E-state index contributed by atoms with van der Waals surface area (Å²) < 4.78 is 13.1. The van der Waals surface area contributed by atoms with Gasteiger partial charge in [-0.3, -0.25) is 9.59 Å². The second-order valence-corrected chi connectivity index (χ2v) is 8.86. The van der Waals surface area contributed by atoms with E-state index in [0.29, 0.717) is 30.1 Å². The molecule has 166 valence electrons. The number of amides is 2. The summed E-state index contributed by atoms with van der Waals surface area (Å²) in [4.78, 5) is 27.6. The smallest absolute Gasteiger partial charge is 0.253 e. The Bertz CT molecular complexity index is 903. The van der Waals surface area contributed by atoms with E-state index in [1.807, 2.05) is 26.0 Å². The summed E-state index contributed by atoms with van der Waals surface area (Å²) in [7, 11) is 0. The highest BCUT2D eigenvalue weighted by molar-refractivity contribution is 6.02. The van der Waals surface area contributed by atoms with E-state index in [2.05, 4.69) is 22.5 Å². The zero-order valence-electron chi connectivity index (χ0n) is 18.6. The van der Waals surface area contributed by atoms with Gasteiger partial charge >= 0.3 is 0 Å². The van der Waals surface area contributed by atoms with Crippen LogP contribution in [-0.2, 0) is 11.3 Å². The summed E-state index contributed by atoms with van der Waals surface area (Å²) in [5, 5.41) is 5.84. The number of nitrogens with one attached hydrogen (secondary N) is 2. The molecule has 5 nitrogen and oxygen atoms in total. The molecule has 31 heavy (non-hydrogen) atoms. The van der Waals surface area contributed by atoms with Gasteiger partial charge in [0, 0.05) is 37.4 Å². The molecule has 0 atom stereocenters. The minimum Gasteiger partial charge on any atom is -0.371 e.